The van der Waals surface area contributed by atoms with Crippen LogP contribution in [0.5, 0.6) is 0 Å². The summed E-state index contributed by atoms with van der Waals surface area (Å²) in [6.45, 7) is 4.19. The van der Waals surface area contributed by atoms with E-state index in [2.05, 4.69) is 22.0 Å². The highest BCUT2D eigenvalue weighted by atomic mass is 32.2. The zero-order valence-corrected chi connectivity index (χ0v) is 9.83. The number of aromatic nitrogens is 1. The van der Waals surface area contributed by atoms with Crippen LogP contribution in [0.2, 0.25) is 0 Å². The Kier molecular flexibility index (Phi) is 3.49. The largest absolute Gasteiger partial charge is 0.355 e. The van der Waals surface area contributed by atoms with E-state index in [0.29, 0.717) is 0 Å². The minimum absolute atomic E-state index is 0.0726. The van der Waals surface area contributed by atoms with Crippen LogP contribution in [-0.2, 0) is 0 Å². The van der Waals surface area contributed by atoms with Crippen molar-refractivity contribution in [1.82, 2.24) is 4.98 Å². The van der Waals surface area contributed by atoms with E-state index >= 15 is 0 Å². The van der Waals surface area contributed by atoms with Crippen molar-refractivity contribution >= 4 is 17.6 Å². The summed E-state index contributed by atoms with van der Waals surface area (Å²) >= 11 is 2.01. The minimum atomic E-state index is 0.0726. The normalized spacial score (nSPS) is 18.9. The number of anilines is 1. The van der Waals surface area contributed by atoms with Gasteiger partial charge < -0.3 is 10.6 Å². The second-order valence-corrected chi connectivity index (χ2v) is 5.06. The van der Waals surface area contributed by atoms with E-state index < -0.39 is 0 Å². The fourth-order valence-corrected chi connectivity index (χ4v) is 2.55. The molecule has 0 aromatic carbocycles. The summed E-state index contributed by atoms with van der Waals surface area (Å²) in [5.74, 6) is 3.49. The second kappa shape index (κ2) is 4.86. The fraction of sp³-hybridized carbons (Fsp3) is 0.545. The van der Waals surface area contributed by atoms with Gasteiger partial charge in [-0.1, -0.05) is 6.07 Å². The topological polar surface area (TPSA) is 42.1 Å². The third-order valence-corrected chi connectivity index (χ3v) is 3.57. The van der Waals surface area contributed by atoms with Crippen molar-refractivity contribution in [2.24, 2.45) is 5.73 Å². The summed E-state index contributed by atoms with van der Waals surface area (Å²) in [6.07, 6.45) is 1.89. The first-order valence-electron chi connectivity index (χ1n) is 5.31. The molecule has 0 spiro atoms. The molecule has 1 saturated heterocycles. The lowest BCUT2D eigenvalue weighted by atomic mass is 10.1. The molecule has 0 amide bonds. The lowest BCUT2D eigenvalue weighted by Crippen LogP contribution is -2.33. The van der Waals surface area contributed by atoms with Crippen LogP contribution in [0.25, 0.3) is 0 Å². The molecular formula is C11H17N3S. The Bertz CT molecular complexity index is 304. The van der Waals surface area contributed by atoms with Crippen LogP contribution in [0.3, 0.4) is 0 Å². The van der Waals surface area contributed by atoms with Crippen molar-refractivity contribution in [1.29, 1.82) is 0 Å². The summed E-state index contributed by atoms with van der Waals surface area (Å²) in [7, 11) is 0. The molecule has 1 aliphatic heterocycles. The fourth-order valence-electron chi connectivity index (χ4n) is 1.65. The zero-order valence-electron chi connectivity index (χ0n) is 9.02. The molecule has 0 unspecified atom stereocenters. The standard InChI is InChI=1S/C11H17N3S/c1-9(12)10-2-3-11(13-8-10)14-4-6-15-7-5-14/h2-3,8-9H,4-7,12H2,1H3/t9-/m1/s1. The summed E-state index contributed by atoms with van der Waals surface area (Å²) in [4.78, 5) is 6.80. The van der Waals surface area contributed by atoms with E-state index in [1.165, 1.54) is 11.5 Å². The monoisotopic (exact) mass is 223 g/mol. The quantitative estimate of drug-likeness (QED) is 0.828. The van der Waals surface area contributed by atoms with E-state index in [0.717, 1.165) is 24.5 Å². The predicted octanol–water partition coefficient (Wildman–Crippen LogP) is 1.65. The Balaban J connectivity index is 2.08. The van der Waals surface area contributed by atoms with Crippen LogP contribution >= 0.6 is 11.8 Å². The first-order valence-corrected chi connectivity index (χ1v) is 6.47. The van der Waals surface area contributed by atoms with Crippen molar-refractivity contribution in [2.45, 2.75) is 13.0 Å². The van der Waals surface area contributed by atoms with Crippen molar-refractivity contribution < 1.29 is 0 Å². The van der Waals surface area contributed by atoms with E-state index in [1.54, 1.807) is 0 Å². The van der Waals surface area contributed by atoms with Crippen molar-refractivity contribution in [3.8, 4) is 0 Å². The molecule has 0 bridgehead atoms. The summed E-state index contributed by atoms with van der Waals surface area (Å²) in [5, 5.41) is 0. The summed E-state index contributed by atoms with van der Waals surface area (Å²) < 4.78 is 0. The number of nitrogens with zero attached hydrogens (tertiary/aromatic N) is 2. The van der Waals surface area contributed by atoms with E-state index in [4.69, 9.17) is 5.73 Å². The molecule has 2 heterocycles. The van der Waals surface area contributed by atoms with Gasteiger partial charge in [0.05, 0.1) is 0 Å². The lowest BCUT2D eigenvalue weighted by molar-refractivity contribution is 0.800. The van der Waals surface area contributed by atoms with Crippen LogP contribution in [0.4, 0.5) is 5.82 Å². The number of nitrogens with two attached hydrogens (primary N) is 1. The van der Waals surface area contributed by atoms with Crippen molar-refractivity contribution in [3.05, 3.63) is 23.9 Å². The first-order chi connectivity index (χ1) is 7.27. The van der Waals surface area contributed by atoms with E-state index in [-0.39, 0.29) is 6.04 Å². The molecule has 0 aliphatic carbocycles. The minimum Gasteiger partial charge on any atom is -0.355 e. The van der Waals surface area contributed by atoms with Crippen LogP contribution in [0, 0.1) is 0 Å². The van der Waals surface area contributed by atoms with Gasteiger partial charge in [-0.2, -0.15) is 11.8 Å². The van der Waals surface area contributed by atoms with Gasteiger partial charge in [0, 0.05) is 36.8 Å². The number of hydrogen-bond acceptors (Lipinski definition) is 4. The Morgan fingerprint density at radius 3 is 2.67 bits per heavy atom. The first kappa shape index (κ1) is 10.8. The van der Waals surface area contributed by atoms with Gasteiger partial charge in [0.1, 0.15) is 5.82 Å². The molecule has 1 fully saturated rings. The molecule has 82 valence electrons. The molecule has 3 nitrogen and oxygen atoms in total. The maximum absolute atomic E-state index is 5.79. The summed E-state index contributed by atoms with van der Waals surface area (Å²) in [6, 6.07) is 4.23. The molecular weight excluding hydrogens is 206 g/mol. The zero-order chi connectivity index (χ0) is 10.7. The average Bonchev–Trinajstić information content (AvgIpc) is 2.30. The number of hydrogen-bond donors (Lipinski definition) is 1. The molecule has 4 heteroatoms. The number of thioether (sulfide) groups is 1. The smallest absolute Gasteiger partial charge is 0.128 e. The van der Waals surface area contributed by atoms with Crippen LogP contribution in [-0.4, -0.2) is 29.6 Å². The maximum atomic E-state index is 5.79. The van der Waals surface area contributed by atoms with Crippen molar-refractivity contribution in [3.63, 3.8) is 0 Å². The Labute approximate surface area is 95.1 Å². The van der Waals surface area contributed by atoms with E-state index in [9.17, 15) is 0 Å². The van der Waals surface area contributed by atoms with Gasteiger partial charge in [0.2, 0.25) is 0 Å². The Morgan fingerprint density at radius 1 is 1.40 bits per heavy atom. The highest BCUT2D eigenvalue weighted by Crippen LogP contribution is 2.18. The molecule has 15 heavy (non-hydrogen) atoms. The second-order valence-electron chi connectivity index (χ2n) is 3.84. The van der Waals surface area contributed by atoms with Gasteiger partial charge in [0.25, 0.3) is 0 Å². The highest BCUT2D eigenvalue weighted by molar-refractivity contribution is 7.99. The summed E-state index contributed by atoms with van der Waals surface area (Å²) in [5.41, 5.74) is 6.89. The third kappa shape index (κ3) is 2.63. The van der Waals surface area contributed by atoms with E-state index in [1.807, 2.05) is 24.9 Å². The maximum Gasteiger partial charge on any atom is 0.128 e. The van der Waals surface area contributed by atoms with Gasteiger partial charge in [0.15, 0.2) is 0 Å². The Hall–Kier alpha value is -0.740. The molecule has 0 saturated carbocycles. The third-order valence-electron chi connectivity index (χ3n) is 2.63. The molecule has 2 N–H and O–H groups in total. The van der Waals surface area contributed by atoms with Crippen LogP contribution in [0.1, 0.15) is 18.5 Å². The van der Waals surface area contributed by atoms with Gasteiger partial charge in [-0.25, -0.2) is 4.98 Å². The highest BCUT2D eigenvalue weighted by Gasteiger charge is 2.12. The molecule has 1 atom stereocenters. The average molecular weight is 223 g/mol. The molecule has 1 aliphatic rings. The van der Waals surface area contributed by atoms with Gasteiger partial charge in [-0.15, -0.1) is 0 Å². The van der Waals surface area contributed by atoms with Gasteiger partial charge in [-0.05, 0) is 18.6 Å². The van der Waals surface area contributed by atoms with Gasteiger partial charge >= 0.3 is 0 Å². The molecule has 1 aromatic rings. The van der Waals surface area contributed by atoms with Crippen LogP contribution < -0.4 is 10.6 Å². The molecule has 0 radical (unpaired) electrons. The SMILES string of the molecule is C[C@@H](N)c1ccc(N2CCSCC2)nc1. The number of pyridine rings is 1. The number of rotatable bonds is 2. The van der Waals surface area contributed by atoms with Crippen molar-refractivity contribution in [2.75, 3.05) is 29.5 Å². The van der Waals surface area contributed by atoms with Crippen LogP contribution in [0.15, 0.2) is 18.3 Å². The molecule has 1 aromatic heterocycles. The Morgan fingerprint density at radius 2 is 2.13 bits per heavy atom. The lowest BCUT2D eigenvalue weighted by Gasteiger charge is -2.27. The van der Waals surface area contributed by atoms with Gasteiger partial charge in [-0.3, -0.25) is 0 Å². The molecule has 2 rings (SSSR count). The predicted molar refractivity (Wildman–Crippen MR) is 66.4 cm³/mol.